The van der Waals surface area contributed by atoms with Gasteiger partial charge in [-0.1, -0.05) is 19.6 Å². The number of phenols is 1. The third kappa shape index (κ3) is 4.74. The summed E-state index contributed by atoms with van der Waals surface area (Å²) in [6, 6.07) is 3.51. The van der Waals surface area contributed by atoms with Gasteiger partial charge in [0.25, 0.3) is 5.91 Å². The summed E-state index contributed by atoms with van der Waals surface area (Å²) in [6.07, 6.45) is 0. The highest BCUT2D eigenvalue weighted by molar-refractivity contribution is 6.89. The number of nitrogens with zero attached hydrogens (tertiary/aromatic N) is 1. The minimum Gasteiger partial charge on any atom is -0.507 e. The fraction of sp³-hybridized carbons (Fsp3) is 0.611. The van der Waals surface area contributed by atoms with Gasteiger partial charge < -0.3 is 19.5 Å². The van der Waals surface area contributed by atoms with Crippen LogP contribution in [0.1, 0.15) is 38.1 Å². The molecule has 0 aliphatic rings. The van der Waals surface area contributed by atoms with Crippen LogP contribution in [0.2, 0.25) is 19.6 Å². The molecule has 0 aliphatic carbocycles. The summed E-state index contributed by atoms with van der Waals surface area (Å²) >= 11 is 0. The molecule has 0 heterocycles. The molecule has 1 aromatic rings. The molecule has 6 heteroatoms. The zero-order valence-corrected chi connectivity index (χ0v) is 17.1. The molecule has 1 amide bonds. The highest BCUT2D eigenvalue weighted by Crippen LogP contribution is 2.27. The Hall–Kier alpha value is -1.53. The molecule has 0 aromatic heterocycles. The van der Waals surface area contributed by atoms with Crippen LogP contribution in [0.4, 0.5) is 0 Å². The average Bonchev–Trinajstić information content (AvgIpc) is 2.43. The van der Waals surface area contributed by atoms with Crippen LogP contribution in [-0.2, 0) is 4.74 Å². The molecule has 0 saturated carbocycles. The Balaban J connectivity index is 3.47. The number of benzene rings is 1. The molecule has 1 N–H and O–H groups in total. The second-order valence-electron chi connectivity index (χ2n) is 7.57. The summed E-state index contributed by atoms with van der Waals surface area (Å²) in [5, 5.41) is 11.6. The lowest BCUT2D eigenvalue weighted by atomic mass is 10.1. The van der Waals surface area contributed by atoms with Gasteiger partial charge in [-0.05, 0) is 45.0 Å². The molecule has 0 atom stereocenters. The summed E-state index contributed by atoms with van der Waals surface area (Å²) in [6.45, 7) is 14.4. The van der Waals surface area contributed by atoms with Crippen LogP contribution in [-0.4, -0.2) is 50.0 Å². The first-order valence-corrected chi connectivity index (χ1v) is 11.8. The fourth-order valence-corrected chi connectivity index (χ4v) is 4.18. The number of hydrogen-bond donors (Lipinski definition) is 1. The standard InChI is InChI=1S/C18H31NO4Si/c1-12(2)19(13(3)4)18(21)15-9-14(23-11-22-5)10-16(17(15)20)24(6,7)8/h9-10,12-13,20H,11H2,1-8H3. The van der Waals surface area contributed by atoms with E-state index < -0.39 is 8.07 Å². The maximum Gasteiger partial charge on any atom is 0.258 e. The van der Waals surface area contributed by atoms with E-state index in [0.29, 0.717) is 11.3 Å². The summed E-state index contributed by atoms with van der Waals surface area (Å²) in [5.41, 5.74) is 0.295. The van der Waals surface area contributed by atoms with Gasteiger partial charge in [0, 0.05) is 19.2 Å². The normalized spacial score (nSPS) is 11.9. The molecule has 0 aliphatic heterocycles. The molecule has 1 aromatic carbocycles. The molecule has 24 heavy (non-hydrogen) atoms. The summed E-state index contributed by atoms with van der Waals surface area (Å²) in [4.78, 5) is 14.8. The Kier molecular flexibility index (Phi) is 6.86. The smallest absolute Gasteiger partial charge is 0.258 e. The molecule has 0 spiro atoms. The molecule has 0 unspecified atom stereocenters. The third-order valence-corrected chi connectivity index (χ3v) is 5.81. The maximum atomic E-state index is 13.0. The van der Waals surface area contributed by atoms with Gasteiger partial charge in [-0.25, -0.2) is 0 Å². The predicted molar refractivity (Wildman–Crippen MR) is 100 cm³/mol. The highest BCUT2D eigenvalue weighted by atomic mass is 28.3. The first-order chi connectivity index (χ1) is 11.0. The predicted octanol–water partition coefficient (Wildman–Crippen LogP) is 3.18. The van der Waals surface area contributed by atoms with Crippen LogP contribution in [0, 0.1) is 0 Å². The summed E-state index contributed by atoms with van der Waals surface area (Å²) < 4.78 is 10.5. The number of phenolic OH excluding ortho intramolecular Hbond substituents is 1. The monoisotopic (exact) mass is 353 g/mol. The van der Waals surface area contributed by atoms with Crippen LogP contribution >= 0.6 is 0 Å². The van der Waals surface area contributed by atoms with Crippen LogP contribution < -0.4 is 9.92 Å². The number of methoxy groups -OCH3 is 1. The van der Waals surface area contributed by atoms with Crippen molar-refractivity contribution in [1.29, 1.82) is 0 Å². The lowest BCUT2D eigenvalue weighted by Gasteiger charge is -2.32. The zero-order valence-electron chi connectivity index (χ0n) is 16.1. The van der Waals surface area contributed by atoms with E-state index in [1.54, 1.807) is 18.1 Å². The Morgan fingerprint density at radius 3 is 2.12 bits per heavy atom. The van der Waals surface area contributed by atoms with Gasteiger partial charge in [0.15, 0.2) is 6.79 Å². The molecular weight excluding hydrogens is 322 g/mol. The number of carbonyl (C=O) groups is 1. The van der Waals surface area contributed by atoms with Crippen molar-refractivity contribution < 1.29 is 19.4 Å². The second-order valence-corrected chi connectivity index (χ2v) is 12.6. The van der Waals surface area contributed by atoms with Crippen molar-refractivity contribution in [1.82, 2.24) is 4.90 Å². The van der Waals surface area contributed by atoms with E-state index in [9.17, 15) is 9.90 Å². The van der Waals surface area contributed by atoms with Crippen LogP contribution in [0.25, 0.3) is 0 Å². The number of amides is 1. The van der Waals surface area contributed by atoms with Crippen LogP contribution in [0.3, 0.4) is 0 Å². The fourth-order valence-electron chi connectivity index (χ4n) is 2.76. The summed E-state index contributed by atoms with van der Waals surface area (Å²) in [7, 11) is -0.310. The number of hydrogen-bond acceptors (Lipinski definition) is 4. The van der Waals surface area contributed by atoms with Crippen molar-refractivity contribution in [2.24, 2.45) is 0 Å². The average molecular weight is 354 g/mol. The number of ether oxygens (including phenoxy) is 2. The van der Waals surface area contributed by atoms with E-state index in [1.165, 1.54) is 0 Å². The third-order valence-electron chi connectivity index (χ3n) is 3.81. The number of rotatable bonds is 7. The van der Waals surface area contributed by atoms with E-state index in [-0.39, 0.29) is 30.5 Å². The van der Waals surface area contributed by atoms with Gasteiger partial charge in [-0.3, -0.25) is 4.79 Å². The quantitative estimate of drug-likeness (QED) is 0.604. The molecule has 136 valence electrons. The molecule has 0 bridgehead atoms. The lowest BCUT2D eigenvalue weighted by Crippen LogP contribution is -2.43. The number of aromatic hydroxyl groups is 1. The van der Waals surface area contributed by atoms with E-state index in [0.717, 1.165) is 5.19 Å². The molecule has 0 saturated heterocycles. The minimum absolute atomic E-state index is 0.0378. The van der Waals surface area contributed by atoms with Crippen LogP contribution in [0.5, 0.6) is 11.5 Å². The second kappa shape index (κ2) is 8.03. The Morgan fingerprint density at radius 2 is 1.71 bits per heavy atom. The number of carbonyl (C=O) groups excluding carboxylic acids is 1. The zero-order chi connectivity index (χ0) is 18.7. The maximum absolute atomic E-state index is 13.0. The SMILES string of the molecule is COCOc1cc(C(=O)N(C(C)C)C(C)C)c(O)c([Si](C)(C)C)c1. The Bertz CT molecular complexity index is 571. The van der Waals surface area contributed by atoms with E-state index >= 15 is 0 Å². The van der Waals surface area contributed by atoms with Crippen molar-refractivity contribution in [2.75, 3.05) is 13.9 Å². The van der Waals surface area contributed by atoms with Crippen molar-refractivity contribution in [2.45, 2.75) is 59.4 Å². The lowest BCUT2D eigenvalue weighted by molar-refractivity contribution is 0.0506. The van der Waals surface area contributed by atoms with Crippen molar-refractivity contribution >= 4 is 19.2 Å². The van der Waals surface area contributed by atoms with E-state index in [1.807, 2.05) is 33.8 Å². The first kappa shape index (κ1) is 20.5. The summed E-state index contributed by atoms with van der Waals surface area (Å²) in [5.74, 6) is 0.443. The van der Waals surface area contributed by atoms with E-state index in [4.69, 9.17) is 9.47 Å². The first-order valence-electron chi connectivity index (χ1n) is 8.32. The van der Waals surface area contributed by atoms with Crippen molar-refractivity contribution in [3.63, 3.8) is 0 Å². The molecule has 0 radical (unpaired) electrons. The largest absolute Gasteiger partial charge is 0.507 e. The molecule has 0 fully saturated rings. The van der Waals surface area contributed by atoms with Gasteiger partial charge in [0.2, 0.25) is 0 Å². The minimum atomic E-state index is -1.86. The van der Waals surface area contributed by atoms with Gasteiger partial charge in [-0.15, -0.1) is 0 Å². The van der Waals surface area contributed by atoms with E-state index in [2.05, 4.69) is 19.6 Å². The van der Waals surface area contributed by atoms with Crippen LogP contribution in [0.15, 0.2) is 12.1 Å². The van der Waals surface area contributed by atoms with Gasteiger partial charge in [0.05, 0.1) is 13.6 Å². The molecular formula is C18H31NO4Si. The topological polar surface area (TPSA) is 59.0 Å². The molecule has 1 rings (SSSR count). The Morgan fingerprint density at radius 1 is 1.17 bits per heavy atom. The van der Waals surface area contributed by atoms with Gasteiger partial charge in [0.1, 0.15) is 11.5 Å². The Labute approximate surface area is 146 Å². The molecule has 5 nitrogen and oxygen atoms in total. The van der Waals surface area contributed by atoms with Crippen molar-refractivity contribution in [3.05, 3.63) is 17.7 Å². The van der Waals surface area contributed by atoms with Gasteiger partial charge >= 0.3 is 0 Å². The highest BCUT2D eigenvalue weighted by Gasteiger charge is 2.29. The van der Waals surface area contributed by atoms with Gasteiger partial charge in [-0.2, -0.15) is 0 Å². The van der Waals surface area contributed by atoms with Crippen molar-refractivity contribution in [3.8, 4) is 11.5 Å².